The lowest BCUT2D eigenvalue weighted by atomic mass is 10.1. The van der Waals surface area contributed by atoms with Crippen molar-refractivity contribution in [1.82, 2.24) is 5.43 Å². The first-order valence-corrected chi connectivity index (χ1v) is 6.73. The van der Waals surface area contributed by atoms with E-state index in [1.54, 1.807) is 6.07 Å². The number of carbonyl (C=O) groups excluding carboxylic acids is 1. The van der Waals surface area contributed by atoms with Crippen LogP contribution in [0.1, 0.15) is 11.1 Å². The van der Waals surface area contributed by atoms with Crippen LogP contribution in [0.3, 0.4) is 0 Å². The van der Waals surface area contributed by atoms with Crippen LogP contribution in [-0.4, -0.2) is 18.7 Å². The highest BCUT2D eigenvalue weighted by molar-refractivity contribution is 5.82. The van der Waals surface area contributed by atoms with Crippen LogP contribution in [0.4, 0.5) is 17.6 Å². The third-order valence-corrected chi connectivity index (χ3v) is 2.84. The van der Waals surface area contributed by atoms with Crippen molar-refractivity contribution in [2.24, 2.45) is 5.10 Å². The van der Waals surface area contributed by atoms with Gasteiger partial charge in [-0.15, -0.1) is 0 Å². The topological polar surface area (TPSA) is 50.7 Å². The maximum Gasteiger partial charge on any atom is 0.416 e. The van der Waals surface area contributed by atoms with E-state index >= 15 is 0 Å². The zero-order chi connectivity index (χ0) is 17.6. The predicted molar refractivity (Wildman–Crippen MR) is 79.1 cm³/mol. The summed E-state index contributed by atoms with van der Waals surface area (Å²) < 4.78 is 55.4. The first-order chi connectivity index (χ1) is 11.4. The van der Waals surface area contributed by atoms with Crippen LogP contribution in [0.15, 0.2) is 53.6 Å². The van der Waals surface area contributed by atoms with E-state index in [1.807, 2.05) is 0 Å². The highest BCUT2D eigenvalue weighted by Gasteiger charge is 2.29. The number of alkyl halides is 3. The molecule has 0 heterocycles. The molecule has 0 bridgehead atoms. The Kier molecular flexibility index (Phi) is 5.51. The van der Waals surface area contributed by atoms with Gasteiger partial charge >= 0.3 is 6.18 Å². The number of benzene rings is 2. The Bertz CT molecular complexity index is 728. The van der Waals surface area contributed by atoms with Crippen LogP contribution < -0.4 is 10.2 Å². The zero-order valence-corrected chi connectivity index (χ0v) is 12.2. The molecule has 2 aromatic rings. The van der Waals surface area contributed by atoms with Crippen molar-refractivity contribution < 1.29 is 27.1 Å². The maximum absolute atomic E-state index is 13.3. The van der Waals surface area contributed by atoms with Gasteiger partial charge in [0.2, 0.25) is 0 Å². The number of ether oxygens (including phenoxy) is 1. The minimum Gasteiger partial charge on any atom is -0.481 e. The number of carbonyl (C=O) groups is 1. The molecule has 0 aliphatic rings. The Morgan fingerprint density at radius 2 is 1.79 bits per heavy atom. The lowest BCUT2D eigenvalue weighted by molar-refractivity contribution is -0.137. The van der Waals surface area contributed by atoms with E-state index in [-0.39, 0.29) is 5.75 Å². The Morgan fingerprint density at radius 3 is 2.42 bits per heavy atom. The largest absolute Gasteiger partial charge is 0.481 e. The standard InChI is InChI=1S/C16H12F4N2O2/c17-13-3-1-2-4-14(13)24-10-15(23)22-21-9-11-5-7-12(8-6-11)16(18,19)20/h1-9H,10H2,(H,22,23). The van der Waals surface area contributed by atoms with Crippen LogP contribution in [0.5, 0.6) is 5.75 Å². The molecule has 0 saturated carbocycles. The van der Waals surface area contributed by atoms with Gasteiger partial charge in [-0.25, -0.2) is 9.82 Å². The Labute approximate surface area is 134 Å². The summed E-state index contributed by atoms with van der Waals surface area (Å²) in [6, 6.07) is 9.84. The van der Waals surface area contributed by atoms with Gasteiger partial charge in [0.15, 0.2) is 18.2 Å². The lowest BCUT2D eigenvalue weighted by Gasteiger charge is -2.06. The van der Waals surface area contributed by atoms with Crippen molar-refractivity contribution in [3.05, 3.63) is 65.5 Å². The molecule has 0 radical (unpaired) electrons. The molecule has 8 heteroatoms. The highest BCUT2D eigenvalue weighted by atomic mass is 19.4. The summed E-state index contributed by atoms with van der Waals surface area (Å²) in [5, 5.41) is 3.59. The van der Waals surface area contributed by atoms with Gasteiger partial charge < -0.3 is 4.74 Å². The van der Waals surface area contributed by atoms with Crippen molar-refractivity contribution in [3.63, 3.8) is 0 Å². The normalized spacial score (nSPS) is 11.5. The number of hydrogen-bond acceptors (Lipinski definition) is 3. The van der Waals surface area contributed by atoms with Gasteiger partial charge in [-0.3, -0.25) is 4.79 Å². The average Bonchev–Trinajstić information content (AvgIpc) is 2.54. The van der Waals surface area contributed by atoms with Gasteiger partial charge in [0.25, 0.3) is 5.91 Å². The summed E-state index contributed by atoms with van der Waals surface area (Å²) in [5.74, 6) is -1.31. The summed E-state index contributed by atoms with van der Waals surface area (Å²) in [6.45, 7) is -0.453. The monoisotopic (exact) mass is 340 g/mol. The molecule has 0 aliphatic heterocycles. The van der Waals surface area contributed by atoms with Gasteiger partial charge in [0, 0.05) is 0 Å². The number of hydrogen-bond donors (Lipinski definition) is 1. The van der Waals surface area contributed by atoms with Crippen LogP contribution in [0, 0.1) is 5.82 Å². The molecule has 1 N–H and O–H groups in total. The first-order valence-electron chi connectivity index (χ1n) is 6.73. The molecular weight excluding hydrogens is 328 g/mol. The number of nitrogens with one attached hydrogen (secondary N) is 1. The van der Waals surface area contributed by atoms with Crippen LogP contribution in [0.2, 0.25) is 0 Å². The van der Waals surface area contributed by atoms with Crippen LogP contribution in [-0.2, 0) is 11.0 Å². The Morgan fingerprint density at radius 1 is 1.12 bits per heavy atom. The van der Waals surface area contributed by atoms with Crippen molar-refractivity contribution in [2.45, 2.75) is 6.18 Å². The molecule has 1 amide bonds. The van der Waals surface area contributed by atoms with E-state index in [4.69, 9.17) is 4.74 Å². The SMILES string of the molecule is O=C(COc1ccccc1F)NN=Cc1ccc(C(F)(F)F)cc1. The quantitative estimate of drug-likeness (QED) is 0.515. The first kappa shape index (κ1) is 17.5. The smallest absolute Gasteiger partial charge is 0.416 e. The Hall–Kier alpha value is -2.90. The van der Waals surface area contributed by atoms with Crippen LogP contribution in [0.25, 0.3) is 0 Å². The van der Waals surface area contributed by atoms with E-state index in [9.17, 15) is 22.4 Å². The fourth-order valence-corrected chi connectivity index (χ4v) is 1.67. The van der Waals surface area contributed by atoms with Crippen molar-refractivity contribution >= 4 is 12.1 Å². The molecule has 0 aliphatic carbocycles. The van der Waals surface area contributed by atoms with Gasteiger partial charge in [0.05, 0.1) is 11.8 Å². The summed E-state index contributed by atoms with van der Waals surface area (Å²) in [7, 11) is 0. The highest BCUT2D eigenvalue weighted by Crippen LogP contribution is 2.28. The number of rotatable bonds is 5. The van der Waals surface area contributed by atoms with Gasteiger partial charge in [-0.1, -0.05) is 24.3 Å². The molecule has 2 aromatic carbocycles. The summed E-state index contributed by atoms with van der Waals surface area (Å²) in [5.41, 5.74) is 1.72. The number of nitrogens with zero attached hydrogens (tertiary/aromatic N) is 1. The summed E-state index contributed by atoms with van der Waals surface area (Å²) in [6.07, 6.45) is -3.23. The predicted octanol–water partition coefficient (Wildman–Crippen LogP) is 3.37. The van der Waals surface area contributed by atoms with E-state index < -0.39 is 30.1 Å². The Balaban J connectivity index is 1.83. The fourth-order valence-electron chi connectivity index (χ4n) is 1.67. The molecule has 0 saturated heterocycles. The minimum atomic E-state index is -4.41. The molecule has 0 atom stereocenters. The summed E-state index contributed by atoms with van der Waals surface area (Å²) in [4.78, 5) is 11.5. The number of hydrazone groups is 1. The summed E-state index contributed by atoms with van der Waals surface area (Å²) >= 11 is 0. The molecule has 0 fully saturated rings. The van der Waals surface area contributed by atoms with Gasteiger partial charge in [-0.2, -0.15) is 18.3 Å². The molecule has 0 unspecified atom stereocenters. The average molecular weight is 340 g/mol. The molecular formula is C16H12F4N2O2. The second-order valence-corrected chi connectivity index (χ2v) is 4.63. The zero-order valence-electron chi connectivity index (χ0n) is 12.2. The fraction of sp³-hybridized carbons (Fsp3) is 0.125. The second-order valence-electron chi connectivity index (χ2n) is 4.63. The molecule has 0 aromatic heterocycles. The van der Waals surface area contributed by atoms with Gasteiger partial charge in [-0.05, 0) is 29.8 Å². The third-order valence-electron chi connectivity index (χ3n) is 2.84. The number of para-hydroxylation sites is 1. The van der Waals surface area contributed by atoms with E-state index in [2.05, 4.69) is 10.5 Å². The van der Waals surface area contributed by atoms with Crippen molar-refractivity contribution in [1.29, 1.82) is 0 Å². The second kappa shape index (κ2) is 7.58. The van der Waals surface area contributed by atoms with E-state index in [1.165, 1.54) is 36.5 Å². The molecule has 24 heavy (non-hydrogen) atoms. The van der Waals surface area contributed by atoms with Gasteiger partial charge in [0.1, 0.15) is 0 Å². The van der Waals surface area contributed by atoms with Crippen LogP contribution >= 0.6 is 0 Å². The third kappa shape index (κ3) is 5.08. The molecule has 0 spiro atoms. The molecule has 126 valence electrons. The van der Waals surface area contributed by atoms with Crippen molar-refractivity contribution in [2.75, 3.05) is 6.61 Å². The lowest BCUT2D eigenvalue weighted by Crippen LogP contribution is -2.24. The minimum absolute atomic E-state index is 0.0700. The molecule has 4 nitrogen and oxygen atoms in total. The number of halogens is 4. The number of amides is 1. The van der Waals surface area contributed by atoms with E-state index in [0.717, 1.165) is 12.1 Å². The maximum atomic E-state index is 13.3. The molecule has 2 rings (SSSR count). The van der Waals surface area contributed by atoms with E-state index in [0.29, 0.717) is 5.56 Å². The van der Waals surface area contributed by atoms with Crippen molar-refractivity contribution in [3.8, 4) is 5.75 Å².